The molecular weight excluding hydrogens is 396 g/mol. The lowest BCUT2D eigenvalue weighted by atomic mass is 10.2. The second-order valence-corrected chi connectivity index (χ2v) is 7.06. The van der Waals surface area contributed by atoms with Crippen molar-refractivity contribution in [3.05, 3.63) is 58.6 Å². The maximum atomic E-state index is 11.9. The highest BCUT2D eigenvalue weighted by Gasteiger charge is 2.21. The molecule has 136 valence electrons. The number of ether oxygens (including phenoxy) is 1. The third-order valence-electron chi connectivity index (χ3n) is 4.21. The molecule has 0 aliphatic carbocycles. The van der Waals surface area contributed by atoms with Crippen LogP contribution in [0.3, 0.4) is 0 Å². The number of nitrogens with zero attached hydrogens (tertiary/aromatic N) is 1. The largest absolute Gasteiger partial charge is 0.493 e. The molecule has 3 rings (SSSR count). The van der Waals surface area contributed by atoms with E-state index in [-0.39, 0.29) is 11.8 Å². The maximum Gasteiger partial charge on any atom is 0.227 e. The molecule has 2 aromatic carbocycles. The zero-order valence-electron chi connectivity index (χ0n) is 14.4. The van der Waals surface area contributed by atoms with Crippen LogP contribution in [0.25, 0.3) is 0 Å². The van der Waals surface area contributed by atoms with E-state index in [0.717, 1.165) is 34.4 Å². The SMILES string of the molecule is O=C(CCOc1cccc(Br)c1)NCc1ccc(N2CCCC2=O)cc1. The molecule has 1 aliphatic rings. The number of halogens is 1. The minimum absolute atomic E-state index is 0.0567. The van der Waals surface area contributed by atoms with E-state index < -0.39 is 0 Å². The summed E-state index contributed by atoms with van der Waals surface area (Å²) in [7, 11) is 0. The van der Waals surface area contributed by atoms with Gasteiger partial charge in [-0.25, -0.2) is 0 Å². The van der Waals surface area contributed by atoms with Crippen molar-refractivity contribution in [2.45, 2.75) is 25.8 Å². The van der Waals surface area contributed by atoms with E-state index in [4.69, 9.17) is 4.74 Å². The molecule has 0 radical (unpaired) electrons. The molecule has 1 aliphatic heterocycles. The van der Waals surface area contributed by atoms with E-state index in [2.05, 4.69) is 21.2 Å². The Hall–Kier alpha value is -2.34. The van der Waals surface area contributed by atoms with Gasteiger partial charge in [0, 0.05) is 29.7 Å². The third kappa shape index (κ3) is 5.08. The second-order valence-electron chi connectivity index (χ2n) is 6.15. The van der Waals surface area contributed by atoms with Crippen LogP contribution in [-0.2, 0) is 16.1 Å². The van der Waals surface area contributed by atoms with Crippen molar-refractivity contribution in [2.24, 2.45) is 0 Å². The predicted octanol–water partition coefficient (Wildman–Crippen LogP) is 3.66. The summed E-state index contributed by atoms with van der Waals surface area (Å²) in [4.78, 5) is 25.5. The first-order valence-electron chi connectivity index (χ1n) is 8.66. The van der Waals surface area contributed by atoms with Gasteiger partial charge in [-0.3, -0.25) is 9.59 Å². The van der Waals surface area contributed by atoms with Crippen LogP contribution >= 0.6 is 15.9 Å². The average molecular weight is 417 g/mol. The normalized spacial score (nSPS) is 13.7. The molecule has 1 fully saturated rings. The van der Waals surface area contributed by atoms with E-state index in [9.17, 15) is 9.59 Å². The van der Waals surface area contributed by atoms with Gasteiger partial charge in [-0.1, -0.05) is 34.1 Å². The lowest BCUT2D eigenvalue weighted by Gasteiger charge is -2.16. The summed E-state index contributed by atoms with van der Waals surface area (Å²) in [5.74, 6) is 0.856. The lowest BCUT2D eigenvalue weighted by molar-refractivity contribution is -0.121. The quantitative estimate of drug-likeness (QED) is 0.748. The third-order valence-corrected chi connectivity index (χ3v) is 4.70. The van der Waals surface area contributed by atoms with E-state index >= 15 is 0 Å². The Morgan fingerprint density at radius 1 is 1.19 bits per heavy atom. The summed E-state index contributed by atoms with van der Waals surface area (Å²) in [6.45, 7) is 1.58. The van der Waals surface area contributed by atoms with E-state index in [0.29, 0.717) is 26.0 Å². The number of anilines is 1. The first-order valence-corrected chi connectivity index (χ1v) is 9.45. The first kappa shape index (κ1) is 18.5. The highest BCUT2D eigenvalue weighted by molar-refractivity contribution is 9.10. The van der Waals surface area contributed by atoms with Gasteiger partial charge in [0.15, 0.2) is 0 Å². The van der Waals surface area contributed by atoms with Crippen LogP contribution in [0.15, 0.2) is 53.0 Å². The Bertz CT molecular complexity index is 777. The molecule has 0 unspecified atom stereocenters. The van der Waals surface area contributed by atoms with Crippen molar-refractivity contribution in [1.82, 2.24) is 5.32 Å². The number of amides is 2. The molecule has 0 bridgehead atoms. The number of nitrogens with one attached hydrogen (secondary N) is 1. The monoisotopic (exact) mass is 416 g/mol. The first-order chi connectivity index (χ1) is 12.6. The van der Waals surface area contributed by atoms with Crippen LogP contribution in [0.1, 0.15) is 24.8 Å². The van der Waals surface area contributed by atoms with Crippen molar-refractivity contribution in [2.75, 3.05) is 18.1 Å². The van der Waals surface area contributed by atoms with Crippen LogP contribution in [-0.4, -0.2) is 25.0 Å². The van der Waals surface area contributed by atoms with Gasteiger partial charge < -0.3 is 15.0 Å². The summed E-state index contributed by atoms with van der Waals surface area (Å²) >= 11 is 3.38. The Labute approximate surface area is 161 Å². The highest BCUT2D eigenvalue weighted by atomic mass is 79.9. The van der Waals surface area contributed by atoms with Crippen molar-refractivity contribution in [3.63, 3.8) is 0 Å². The molecule has 2 aromatic rings. The fourth-order valence-electron chi connectivity index (χ4n) is 2.82. The van der Waals surface area contributed by atoms with Gasteiger partial charge in [-0.2, -0.15) is 0 Å². The van der Waals surface area contributed by atoms with Crippen molar-refractivity contribution in [1.29, 1.82) is 0 Å². The molecule has 0 spiro atoms. The van der Waals surface area contributed by atoms with Crippen LogP contribution in [0.5, 0.6) is 5.75 Å². The van der Waals surface area contributed by atoms with Gasteiger partial charge in [-0.05, 0) is 42.3 Å². The van der Waals surface area contributed by atoms with Gasteiger partial charge in [0.05, 0.1) is 13.0 Å². The minimum Gasteiger partial charge on any atom is -0.493 e. The van der Waals surface area contributed by atoms with Crippen LogP contribution in [0.4, 0.5) is 5.69 Å². The topological polar surface area (TPSA) is 58.6 Å². The summed E-state index contributed by atoms with van der Waals surface area (Å²) in [6.07, 6.45) is 1.84. The van der Waals surface area contributed by atoms with E-state index in [1.165, 1.54) is 0 Å². The zero-order valence-corrected chi connectivity index (χ0v) is 16.0. The van der Waals surface area contributed by atoms with E-state index in [1.54, 1.807) is 0 Å². The summed E-state index contributed by atoms with van der Waals surface area (Å²) < 4.78 is 6.51. The van der Waals surface area contributed by atoms with Crippen molar-refractivity contribution < 1.29 is 14.3 Å². The average Bonchev–Trinajstić information content (AvgIpc) is 3.06. The van der Waals surface area contributed by atoms with Gasteiger partial charge in [0.2, 0.25) is 11.8 Å². The fraction of sp³-hybridized carbons (Fsp3) is 0.300. The number of hydrogen-bond donors (Lipinski definition) is 1. The van der Waals surface area contributed by atoms with Crippen LogP contribution < -0.4 is 15.0 Å². The Kier molecular flexibility index (Phi) is 6.28. The molecule has 1 saturated heterocycles. The number of rotatable bonds is 7. The molecule has 0 saturated carbocycles. The molecule has 1 heterocycles. The second kappa shape index (κ2) is 8.85. The lowest BCUT2D eigenvalue weighted by Crippen LogP contribution is -2.25. The standard InChI is InChI=1S/C20H21BrN2O3/c21-16-3-1-4-18(13-16)26-12-10-19(24)22-14-15-6-8-17(9-7-15)23-11-2-5-20(23)25/h1,3-4,6-9,13H,2,5,10-12,14H2,(H,22,24). The predicted molar refractivity (Wildman–Crippen MR) is 104 cm³/mol. The smallest absolute Gasteiger partial charge is 0.227 e. The fourth-order valence-corrected chi connectivity index (χ4v) is 3.20. The Morgan fingerprint density at radius 3 is 2.69 bits per heavy atom. The van der Waals surface area contributed by atoms with Crippen molar-refractivity contribution >= 4 is 33.4 Å². The van der Waals surface area contributed by atoms with Crippen LogP contribution in [0, 0.1) is 0 Å². The number of benzene rings is 2. The summed E-state index contributed by atoms with van der Waals surface area (Å²) in [5, 5.41) is 2.89. The summed E-state index contributed by atoms with van der Waals surface area (Å²) in [6, 6.07) is 15.3. The van der Waals surface area contributed by atoms with Gasteiger partial charge >= 0.3 is 0 Å². The van der Waals surface area contributed by atoms with Crippen molar-refractivity contribution in [3.8, 4) is 5.75 Å². The molecule has 5 nitrogen and oxygen atoms in total. The van der Waals surface area contributed by atoms with Crippen LogP contribution in [0.2, 0.25) is 0 Å². The molecular formula is C20H21BrN2O3. The number of hydrogen-bond acceptors (Lipinski definition) is 3. The van der Waals surface area contributed by atoms with Gasteiger partial charge in [0.25, 0.3) is 0 Å². The number of carbonyl (C=O) groups excluding carboxylic acids is 2. The van der Waals surface area contributed by atoms with Gasteiger partial charge in [-0.15, -0.1) is 0 Å². The highest BCUT2D eigenvalue weighted by Crippen LogP contribution is 2.21. The molecule has 26 heavy (non-hydrogen) atoms. The molecule has 2 amide bonds. The molecule has 1 N–H and O–H groups in total. The Balaban J connectivity index is 1.40. The molecule has 0 aromatic heterocycles. The molecule has 6 heteroatoms. The number of carbonyl (C=O) groups is 2. The minimum atomic E-state index is -0.0567. The van der Waals surface area contributed by atoms with E-state index in [1.807, 2.05) is 53.4 Å². The summed E-state index contributed by atoms with van der Waals surface area (Å²) in [5.41, 5.74) is 1.92. The zero-order chi connectivity index (χ0) is 18.4. The maximum absolute atomic E-state index is 11.9. The molecule has 0 atom stereocenters. The van der Waals surface area contributed by atoms with Gasteiger partial charge in [0.1, 0.15) is 5.75 Å². The Morgan fingerprint density at radius 2 is 2.00 bits per heavy atom.